The second-order valence-corrected chi connectivity index (χ2v) is 5.01. The monoisotopic (exact) mass is 236 g/mol. The number of carboxylic acids is 1. The summed E-state index contributed by atoms with van der Waals surface area (Å²) >= 11 is 0. The molecule has 0 aromatic carbocycles. The standard InChI is InChI=1S/C13H20N2O2/c1-10(13(16)17)9-15-8-7-14-12(15)11-5-3-2-4-6-11/h7-8,10-11H,2-6,9H2,1H3,(H,16,17). The molecule has 1 atom stereocenters. The van der Waals surface area contributed by atoms with Crippen LogP contribution < -0.4 is 0 Å². The first kappa shape index (κ1) is 12.1. The molecule has 1 heterocycles. The highest BCUT2D eigenvalue weighted by Crippen LogP contribution is 2.31. The zero-order valence-electron chi connectivity index (χ0n) is 10.3. The molecule has 0 saturated heterocycles. The summed E-state index contributed by atoms with van der Waals surface area (Å²) in [5.41, 5.74) is 0. The molecule has 1 fully saturated rings. The minimum Gasteiger partial charge on any atom is -0.481 e. The number of aliphatic carboxylic acids is 1. The van der Waals surface area contributed by atoms with Gasteiger partial charge in [-0.25, -0.2) is 4.98 Å². The molecule has 1 unspecified atom stereocenters. The van der Waals surface area contributed by atoms with Crippen molar-refractivity contribution in [1.29, 1.82) is 0 Å². The van der Waals surface area contributed by atoms with Gasteiger partial charge in [-0.2, -0.15) is 0 Å². The number of nitrogens with zero attached hydrogens (tertiary/aromatic N) is 2. The minimum absolute atomic E-state index is 0.355. The quantitative estimate of drug-likeness (QED) is 0.874. The van der Waals surface area contributed by atoms with Crippen molar-refractivity contribution in [1.82, 2.24) is 9.55 Å². The third kappa shape index (κ3) is 2.87. The molecule has 1 N–H and O–H groups in total. The Morgan fingerprint density at radius 1 is 1.53 bits per heavy atom. The fraction of sp³-hybridized carbons (Fsp3) is 0.692. The van der Waals surface area contributed by atoms with Crippen LogP contribution in [0.4, 0.5) is 0 Å². The first-order valence-corrected chi connectivity index (χ1v) is 6.42. The maximum atomic E-state index is 10.9. The maximum Gasteiger partial charge on any atom is 0.308 e. The van der Waals surface area contributed by atoms with Crippen LogP contribution in [-0.4, -0.2) is 20.6 Å². The van der Waals surface area contributed by atoms with E-state index in [1.807, 2.05) is 10.8 Å². The van der Waals surface area contributed by atoms with Crippen LogP contribution in [0.5, 0.6) is 0 Å². The van der Waals surface area contributed by atoms with Gasteiger partial charge in [0.1, 0.15) is 5.82 Å². The predicted molar refractivity (Wildman–Crippen MR) is 64.9 cm³/mol. The van der Waals surface area contributed by atoms with Gasteiger partial charge in [-0.15, -0.1) is 0 Å². The lowest BCUT2D eigenvalue weighted by atomic mass is 9.88. The molecule has 0 radical (unpaired) electrons. The lowest BCUT2D eigenvalue weighted by molar-refractivity contribution is -0.141. The van der Waals surface area contributed by atoms with E-state index in [4.69, 9.17) is 5.11 Å². The lowest BCUT2D eigenvalue weighted by Gasteiger charge is -2.22. The summed E-state index contributed by atoms with van der Waals surface area (Å²) in [6.45, 7) is 2.27. The minimum atomic E-state index is -0.742. The summed E-state index contributed by atoms with van der Waals surface area (Å²) in [6.07, 6.45) is 9.94. The van der Waals surface area contributed by atoms with Crippen LogP contribution in [-0.2, 0) is 11.3 Å². The molecule has 4 heteroatoms. The van der Waals surface area contributed by atoms with Crippen molar-refractivity contribution in [2.24, 2.45) is 5.92 Å². The number of carbonyl (C=O) groups is 1. The van der Waals surface area contributed by atoms with Crippen LogP contribution >= 0.6 is 0 Å². The van der Waals surface area contributed by atoms with E-state index in [1.54, 1.807) is 13.1 Å². The van der Waals surface area contributed by atoms with E-state index >= 15 is 0 Å². The second kappa shape index (κ2) is 5.34. The van der Waals surface area contributed by atoms with E-state index in [1.165, 1.54) is 32.1 Å². The van der Waals surface area contributed by atoms with E-state index < -0.39 is 5.97 Å². The van der Waals surface area contributed by atoms with Crippen LogP contribution in [0.2, 0.25) is 0 Å². The van der Waals surface area contributed by atoms with Crippen LogP contribution in [0.3, 0.4) is 0 Å². The summed E-state index contributed by atoms with van der Waals surface area (Å²) in [7, 11) is 0. The van der Waals surface area contributed by atoms with Crippen molar-refractivity contribution in [2.75, 3.05) is 0 Å². The largest absolute Gasteiger partial charge is 0.481 e. The number of hydrogen-bond donors (Lipinski definition) is 1. The van der Waals surface area contributed by atoms with Gasteiger partial charge in [0.15, 0.2) is 0 Å². The summed E-state index contributed by atoms with van der Waals surface area (Å²) in [4.78, 5) is 15.3. The molecule has 1 aliphatic rings. The molecule has 1 aromatic rings. The molecule has 2 rings (SSSR count). The van der Waals surface area contributed by atoms with Crippen LogP contribution in [0.25, 0.3) is 0 Å². The Balaban J connectivity index is 2.07. The molecule has 0 bridgehead atoms. The van der Waals surface area contributed by atoms with Crippen molar-refractivity contribution in [3.63, 3.8) is 0 Å². The molecular weight excluding hydrogens is 216 g/mol. The van der Waals surface area contributed by atoms with E-state index in [0.717, 1.165) is 5.82 Å². The number of hydrogen-bond acceptors (Lipinski definition) is 2. The molecule has 0 amide bonds. The summed E-state index contributed by atoms with van der Waals surface area (Å²) < 4.78 is 2.02. The van der Waals surface area contributed by atoms with Crippen molar-refractivity contribution in [2.45, 2.75) is 51.5 Å². The summed E-state index contributed by atoms with van der Waals surface area (Å²) in [5, 5.41) is 8.95. The Hall–Kier alpha value is -1.32. The molecule has 4 nitrogen and oxygen atoms in total. The van der Waals surface area contributed by atoms with Gasteiger partial charge in [0.05, 0.1) is 5.92 Å². The smallest absolute Gasteiger partial charge is 0.308 e. The van der Waals surface area contributed by atoms with E-state index in [9.17, 15) is 4.79 Å². The van der Waals surface area contributed by atoms with Crippen molar-refractivity contribution >= 4 is 5.97 Å². The first-order valence-electron chi connectivity index (χ1n) is 6.42. The third-order valence-corrected chi connectivity index (χ3v) is 3.61. The molecular formula is C13H20N2O2. The molecule has 94 valence electrons. The fourth-order valence-corrected chi connectivity index (χ4v) is 2.57. The van der Waals surface area contributed by atoms with E-state index in [2.05, 4.69) is 4.98 Å². The fourth-order valence-electron chi connectivity index (χ4n) is 2.57. The number of imidazole rings is 1. The predicted octanol–water partition coefficient (Wildman–Crippen LogP) is 2.65. The third-order valence-electron chi connectivity index (χ3n) is 3.61. The normalized spacial score (nSPS) is 19.1. The maximum absolute atomic E-state index is 10.9. The van der Waals surface area contributed by atoms with Gasteiger partial charge in [-0.05, 0) is 12.8 Å². The molecule has 1 aromatic heterocycles. The van der Waals surface area contributed by atoms with Gasteiger partial charge >= 0.3 is 5.97 Å². The summed E-state index contributed by atoms with van der Waals surface area (Å²) in [5.74, 6) is 0.511. The van der Waals surface area contributed by atoms with Gasteiger partial charge in [0, 0.05) is 24.9 Å². The number of aromatic nitrogens is 2. The van der Waals surface area contributed by atoms with Gasteiger partial charge in [0.2, 0.25) is 0 Å². The highest BCUT2D eigenvalue weighted by molar-refractivity contribution is 5.69. The van der Waals surface area contributed by atoms with Gasteiger partial charge in [0.25, 0.3) is 0 Å². The van der Waals surface area contributed by atoms with Gasteiger partial charge in [-0.1, -0.05) is 26.2 Å². The Bertz CT molecular complexity index is 381. The highest BCUT2D eigenvalue weighted by Gasteiger charge is 2.21. The zero-order chi connectivity index (χ0) is 12.3. The Morgan fingerprint density at radius 3 is 2.88 bits per heavy atom. The highest BCUT2D eigenvalue weighted by atomic mass is 16.4. The number of carboxylic acid groups (broad SMARTS) is 1. The molecule has 0 aliphatic heterocycles. The average Bonchev–Trinajstić information content (AvgIpc) is 2.78. The molecule has 0 spiro atoms. The van der Waals surface area contributed by atoms with E-state index in [-0.39, 0.29) is 5.92 Å². The average molecular weight is 236 g/mol. The van der Waals surface area contributed by atoms with Crippen LogP contribution in [0.15, 0.2) is 12.4 Å². The Morgan fingerprint density at radius 2 is 2.24 bits per heavy atom. The van der Waals surface area contributed by atoms with Gasteiger partial charge in [-0.3, -0.25) is 4.79 Å². The van der Waals surface area contributed by atoms with Crippen LogP contribution in [0.1, 0.15) is 50.8 Å². The summed E-state index contributed by atoms with van der Waals surface area (Å²) in [6, 6.07) is 0. The zero-order valence-corrected chi connectivity index (χ0v) is 10.3. The topological polar surface area (TPSA) is 55.1 Å². The van der Waals surface area contributed by atoms with Crippen molar-refractivity contribution < 1.29 is 9.90 Å². The van der Waals surface area contributed by atoms with E-state index in [0.29, 0.717) is 12.5 Å². The Labute approximate surface area is 102 Å². The number of rotatable bonds is 4. The Kier molecular flexibility index (Phi) is 3.82. The molecule has 17 heavy (non-hydrogen) atoms. The first-order chi connectivity index (χ1) is 8.18. The molecule has 1 aliphatic carbocycles. The van der Waals surface area contributed by atoms with Crippen molar-refractivity contribution in [3.05, 3.63) is 18.2 Å². The molecule has 1 saturated carbocycles. The van der Waals surface area contributed by atoms with Gasteiger partial charge < -0.3 is 9.67 Å². The van der Waals surface area contributed by atoms with Crippen molar-refractivity contribution in [3.8, 4) is 0 Å². The second-order valence-electron chi connectivity index (χ2n) is 5.01. The SMILES string of the molecule is CC(Cn1ccnc1C1CCCCC1)C(=O)O. The van der Waals surface area contributed by atoms with Crippen LogP contribution in [0, 0.1) is 5.92 Å². The lowest BCUT2D eigenvalue weighted by Crippen LogP contribution is -2.19.